The molecule has 0 bridgehead atoms. The fourth-order valence-corrected chi connectivity index (χ4v) is 3.60. The van der Waals surface area contributed by atoms with Gasteiger partial charge in [0.15, 0.2) is 0 Å². The first kappa shape index (κ1) is 14.2. The summed E-state index contributed by atoms with van der Waals surface area (Å²) in [6.07, 6.45) is 8.91. The van der Waals surface area contributed by atoms with Crippen molar-refractivity contribution in [1.82, 2.24) is 4.90 Å². The Kier molecular flexibility index (Phi) is 4.47. The number of aliphatic hydroxyl groups excluding tert-OH is 1. The van der Waals surface area contributed by atoms with Crippen molar-refractivity contribution in [2.24, 2.45) is 11.8 Å². The van der Waals surface area contributed by atoms with E-state index >= 15 is 0 Å². The highest BCUT2D eigenvalue weighted by molar-refractivity contribution is 5.00. The molecular weight excluding hydrogens is 250 g/mol. The van der Waals surface area contributed by atoms with E-state index in [1.54, 1.807) is 6.26 Å². The molecule has 0 radical (unpaired) electrons. The van der Waals surface area contributed by atoms with Gasteiger partial charge in [0.2, 0.25) is 0 Å². The van der Waals surface area contributed by atoms with Gasteiger partial charge in [-0.05, 0) is 56.1 Å². The Labute approximate surface area is 122 Å². The summed E-state index contributed by atoms with van der Waals surface area (Å²) in [5.41, 5.74) is 0. The van der Waals surface area contributed by atoms with E-state index in [-0.39, 0.29) is 6.10 Å². The number of furan rings is 1. The summed E-state index contributed by atoms with van der Waals surface area (Å²) >= 11 is 0. The average molecular weight is 277 g/mol. The van der Waals surface area contributed by atoms with E-state index in [2.05, 4.69) is 17.9 Å². The van der Waals surface area contributed by atoms with Crippen molar-refractivity contribution in [2.45, 2.75) is 64.1 Å². The van der Waals surface area contributed by atoms with Crippen molar-refractivity contribution in [3.8, 4) is 0 Å². The predicted octanol–water partition coefficient (Wildman–Crippen LogP) is 3.43. The standard InChI is InChI=1S/C17H27NO2/c1-2-13-5-8-17(19)14(10-13)11-18(15-6-7-15)12-16-4-3-9-20-16/h3-4,9,13-15,17,19H,2,5-8,10-12H2,1H3. The quantitative estimate of drug-likeness (QED) is 0.865. The number of rotatable bonds is 6. The molecule has 3 rings (SSSR count). The van der Waals surface area contributed by atoms with Crippen molar-refractivity contribution in [1.29, 1.82) is 0 Å². The molecule has 1 aromatic heterocycles. The molecule has 0 aromatic carbocycles. The van der Waals surface area contributed by atoms with Crippen molar-refractivity contribution in [2.75, 3.05) is 6.54 Å². The Hall–Kier alpha value is -0.800. The maximum Gasteiger partial charge on any atom is 0.117 e. The van der Waals surface area contributed by atoms with Gasteiger partial charge in [-0.2, -0.15) is 0 Å². The molecule has 3 heteroatoms. The lowest BCUT2D eigenvalue weighted by Gasteiger charge is -2.36. The molecule has 3 nitrogen and oxygen atoms in total. The second kappa shape index (κ2) is 6.31. The summed E-state index contributed by atoms with van der Waals surface area (Å²) in [6, 6.07) is 4.74. The minimum Gasteiger partial charge on any atom is -0.468 e. The molecule has 20 heavy (non-hydrogen) atoms. The van der Waals surface area contributed by atoms with Gasteiger partial charge < -0.3 is 9.52 Å². The molecule has 1 heterocycles. The third-order valence-electron chi connectivity index (χ3n) is 5.10. The fraction of sp³-hybridized carbons (Fsp3) is 0.765. The molecule has 2 aliphatic rings. The third-order valence-corrected chi connectivity index (χ3v) is 5.10. The maximum absolute atomic E-state index is 10.3. The highest BCUT2D eigenvalue weighted by Crippen LogP contribution is 2.35. The molecule has 0 spiro atoms. The molecule has 0 amide bonds. The Bertz CT molecular complexity index is 399. The third kappa shape index (κ3) is 3.44. The zero-order valence-electron chi connectivity index (χ0n) is 12.5. The van der Waals surface area contributed by atoms with Crippen LogP contribution in [0.1, 0.15) is 51.2 Å². The van der Waals surface area contributed by atoms with Gasteiger partial charge in [-0.25, -0.2) is 0 Å². The molecule has 1 N–H and O–H groups in total. The van der Waals surface area contributed by atoms with E-state index in [1.807, 2.05) is 6.07 Å². The van der Waals surface area contributed by atoms with Crippen LogP contribution in [0.4, 0.5) is 0 Å². The summed E-state index contributed by atoms with van der Waals surface area (Å²) in [4.78, 5) is 2.53. The normalized spacial score (nSPS) is 30.9. The van der Waals surface area contributed by atoms with Crippen LogP contribution in [0.3, 0.4) is 0 Å². The van der Waals surface area contributed by atoms with Crippen LogP contribution >= 0.6 is 0 Å². The van der Waals surface area contributed by atoms with Crippen LogP contribution in [0.15, 0.2) is 22.8 Å². The van der Waals surface area contributed by atoms with Gasteiger partial charge in [0.1, 0.15) is 5.76 Å². The van der Waals surface area contributed by atoms with Crippen molar-refractivity contribution in [3.63, 3.8) is 0 Å². The molecule has 0 saturated heterocycles. The van der Waals surface area contributed by atoms with Crippen molar-refractivity contribution in [3.05, 3.63) is 24.2 Å². The van der Waals surface area contributed by atoms with Crippen LogP contribution in [0.2, 0.25) is 0 Å². The van der Waals surface area contributed by atoms with Gasteiger partial charge in [0.05, 0.1) is 18.9 Å². The Morgan fingerprint density at radius 2 is 2.15 bits per heavy atom. The number of aliphatic hydroxyl groups is 1. The SMILES string of the molecule is CCC1CCC(O)C(CN(Cc2ccco2)C2CC2)C1. The molecule has 1 aromatic rings. The van der Waals surface area contributed by atoms with Gasteiger partial charge in [-0.15, -0.1) is 0 Å². The molecule has 112 valence electrons. The first-order valence-corrected chi connectivity index (χ1v) is 8.20. The minimum absolute atomic E-state index is 0.101. The van der Waals surface area contributed by atoms with E-state index in [9.17, 15) is 5.11 Å². The van der Waals surface area contributed by atoms with Crippen LogP contribution in [0, 0.1) is 11.8 Å². The monoisotopic (exact) mass is 277 g/mol. The van der Waals surface area contributed by atoms with Crippen LogP contribution in [-0.2, 0) is 6.54 Å². The molecule has 0 aliphatic heterocycles. The highest BCUT2D eigenvalue weighted by Gasteiger charge is 2.35. The van der Waals surface area contributed by atoms with Crippen molar-refractivity contribution < 1.29 is 9.52 Å². The zero-order chi connectivity index (χ0) is 13.9. The second-order valence-corrected chi connectivity index (χ2v) is 6.65. The van der Waals surface area contributed by atoms with E-state index in [4.69, 9.17) is 4.42 Å². The molecule has 2 aliphatic carbocycles. The van der Waals surface area contributed by atoms with Crippen LogP contribution in [0.25, 0.3) is 0 Å². The van der Waals surface area contributed by atoms with Gasteiger partial charge in [0.25, 0.3) is 0 Å². The Morgan fingerprint density at radius 3 is 2.80 bits per heavy atom. The van der Waals surface area contributed by atoms with Gasteiger partial charge in [-0.1, -0.05) is 13.3 Å². The fourth-order valence-electron chi connectivity index (χ4n) is 3.60. The lowest BCUT2D eigenvalue weighted by atomic mass is 9.78. The highest BCUT2D eigenvalue weighted by atomic mass is 16.3. The lowest BCUT2D eigenvalue weighted by Crippen LogP contribution is -2.39. The molecule has 3 atom stereocenters. The first-order chi connectivity index (χ1) is 9.76. The number of nitrogens with zero attached hydrogens (tertiary/aromatic N) is 1. The molecular formula is C17H27NO2. The van der Waals surface area contributed by atoms with E-state index in [0.717, 1.165) is 31.2 Å². The molecule has 2 fully saturated rings. The summed E-state index contributed by atoms with van der Waals surface area (Å²) in [5, 5.41) is 10.3. The average Bonchev–Trinajstić information content (AvgIpc) is 3.18. The zero-order valence-corrected chi connectivity index (χ0v) is 12.5. The largest absolute Gasteiger partial charge is 0.468 e. The van der Waals surface area contributed by atoms with E-state index < -0.39 is 0 Å². The molecule has 2 saturated carbocycles. The van der Waals surface area contributed by atoms with Crippen LogP contribution in [-0.4, -0.2) is 28.7 Å². The summed E-state index contributed by atoms with van der Waals surface area (Å²) in [6.45, 7) is 4.21. The summed E-state index contributed by atoms with van der Waals surface area (Å²) in [7, 11) is 0. The van der Waals surface area contributed by atoms with Crippen LogP contribution < -0.4 is 0 Å². The smallest absolute Gasteiger partial charge is 0.117 e. The minimum atomic E-state index is -0.101. The molecule has 3 unspecified atom stereocenters. The van der Waals surface area contributed by atoms with Crippen molar-refractivity contribution >= 4 is 0 Å². The Morgan fingerprint density at radius 1 is 1.30 bits per heavy atom. The summed E-state index contributed by atoms with van der Waals surface area (Å²) < 4.78 is 5.50. The van der Waals surface area contributed by atoms with Crippen LogP contribution in [0.5, 0.6) is 0 Å². The maximum atomic E-state index is 10.3. The van der Waals surface area contributed by atoms with E-state index in [1.165, 1.54) is 32.1 Å². The lowest BCUT2D eigenvalue weighted by molar-refractivity contribution is 0.0223. The predicted molar refractivity (Wildman–Crippen MR) is 79.3 cm³/mol. The van der Waals surface area contributed by atoms with E-state index in [0.29, 0.717) is 12.0 Å². The Balaban J connectivity index is 1.60. The second-order valence-electron chi connectivity index (χ2n) is 6.65. The van der Waals surface area contributed by atoms with Gasteiger partial charge in [0, 0.05) is 12.6 Å². The number of hydrogen-bond acceptors (Lipinski definition) is 3. The topological polar surface area (TPSA) is 36.6 Å². The first-order valence-electron chi connectivity index (χ1n) is 8.20. The summed E-state index contributed by atoms with van der Waals surface area (Å²) in [5.74, 6) is 2.31. The number of hydrogen-bond donors (Lipinski definition) is 1. The van der Waals surface area contributed by atoms with Gasteiger partial charge >= 0.3 is 0 Å². The van der Waals surface area contributed by atoms with Gasteiger partial charge in [-0.3, -0.25) is 4.90 Å².